The first-order chi connectivity index (χ1) is 9.67. The van der Waals surface area contributed by atoms with Crippen molar-refractivity contribution in [3.05, 3.63) is 59.5 Å². The average molecular weight is 267 g/mol. The molecule has 3 aromatic rings. The molecule has 0 spiro atoms. The van der Waals surface area contributed by atoms with Gasteiger partial charge in [0.2, 0.25) is 0 Å². The Balaban J connectivity index is 1.98. The molecular weight excluding hydrogens is 250 g/mol. The zero-order valence-electron chi connectivity index (χ0n) is 11.6. The minimum atomic E-state index is -0.652. The van der Waals surface area contributed by atoms with Crippen LogP contribution < -0.4 is 0 Å². The summed E-state index contributed by atoms with van der Waals surface area (Å²) in [6.07, 6.45) is 2.94. The van der Waals surface area contributed by atoms with E-state index in [4.69, 9.17) is 0 Å². The molecule has 1 atom stereocenters. The number of benzene rings is 1. The lowest BCUT2D eigenvalue weighted by Gasteiger charge is -2.10. The summed E-state index contributed by atoms with van der Waals surface area (Å²) in [5.74, 6) is 0. The summed E-state index contributed by atoms with van der Waals surface area (Å²) in [6.45, 7) is 4.79. The summed E-state index contributed by atoms with van der Waals surface area (Å²) in [7, 11) is 0. The molecule has 0 radical (unpaired) electrons. The van der Waals surface area contributed by atoms with Crippen LogP contribution in [-0.2, 0) is 6.54 Å². The quantitative estimate of drug-likeness (QED) is 0.794. The summed E-state index contributed by atoms with van der Waals surface area (Å²) in [6, 6.07) is 9.86. The van der Waals surface area contributed by atoms with Crippen molar-refractivity contribution >= 4 is 10.9 Å². The zero-order chi connectivity index (χ0) is 14.1. The normalized spacial score (nSPS) is 12.8. The van der Waals surface area contributed by atoms with Gasteiger partial charge in [-0.3, -0.25) is 9.67 Å². The molecular formula is C16H17N3O. The number of hydrogen-bond acceptors (Lipinski definition) is 3. The predicted octanol–water partition coefficient (Wildman–Crippen LogP) is 2.84. The number of aliphatic hydroxyl groups excluding tert-OH is 1. The van der Waals surface area contributed by atoms with E-state index in [1.807, 2.05) is 55.1 Å². The van der Waals surface area contributed by atoms with Crippen molar-refractivity contribution in [3.8, 4) is 0 Å². The fraction of sp³-hybridized carbons (Fsp3) is 0.250. The van der Waals surface area contributed by atoms with Gasteiger partial charge in [0.05, 0.1) is 11.7 Å². The molecule has 1 aromatic carbocycles. The van der Waals surface area contributed by atoms with E-state index in [1.54, 1.807) is 6.20 Å². The highest BCUT2D eigenvalue weighted by Gasteiger charge is 2.13. The van der Waals surface area contributed by atoms with Crippen LogP contribution >= 0.6 is 0 Å². The van der Waals surface area contributed by atoms with Crippen molar-refractivity contribution < 1.29 is 5.11 Å². The summed E-state index contributed by atoms with van der Waals surface area (Å²) in [5.41, 5.74) is 3.62. The SMILES string of the molecule is CCn1cc(C(O)c2ccc3nc(C)ccc3c2)cn1. The Bertz CT molecular complexity index is 748. The second kappa shape index (κ2) is 5.06. The fourth-order valence-corrected chi connectivity index (χ4v) is 2.30. The Morgan fingerprint density at radius 3 is 2.80 bits per heavy atom. The standard InChI is InChI=1S/C16H17N3O/c1-3-19-10-14(9-17-19)16(20)13-6-7-15-12(8-13)5-4-11(2)18-15/h4-10,16,20H,3H2,1-2H3. The minimum absolute atomic E-state index is 0.652. The molecule has 0 bridgehead atoms. The van der Waals surface area contributed by atoms with Gasteiger partial charge in [-0.25, -0.2) is 0 Å². The first-order valence-electron chi connectivity index (χ1n) is 6.75. The third-order valence-electron chi connectivity index (χ3n) is 3.46. The molecule has 4 nitrogen and oxygen atoms in total. The molecule has 1 unspecified atom stereocenters. The third-order valence-corrected chi connectivity index (χ3v) is 3.46. The molecule has 0 saturated carbocycles. The lowest BCUT2D eigenvalue weighted by molar-refractivity contribution is 0.220. The maximum absolute atomic E-state index is 10.4. The summed E-state index contributed by atoms with van der Waals surface area (Å²) >= 11 is 0. The number of fused-ring (bicyclic) bond motifs is 1. The van der Waals surface area contributed by atoms with Gasteiger partial charge in [-0.05, 0) is 37.6 Å². The first-order valence-corrected chi connectivity index (χ1v) is 6.75. The van der Waals surface area contributed by atoms with E-state index >= 15 is 0 Å². The Kier molecular flexibility index (Phi) is 3.24. The van der Waals surface area contributed by atoms with E-state index in [0.29, 0.717) is 0 Å². The van der Waals surface area contributed by atoms with Crippen molar-refractivity contribution in [2.75, 3.05) is 0 Å². The van der Waals surface area contributed by atoms with Crippen molar-refractivity contribution in [1.82, 2.24) is 14.8 Å². The van der Waals surface area contributed by atoms with E-state index in [9.17, 15) is 5.11 Å². The molecule has 0 fully saturated rings. The van der Waals surface area contributed by atoms with Crippen molar-refractivity contribution in [2.45, 2.75) is 26.5 Å². The maximum atomic E-state index is 10.4. The van der Waals surface area contributed by atoms with E-state index in [-0.39, 0.29) is 0 Å². The van der Waals surface area contributed by atoms with Crippen molar-refractivity contribution in [3.63, 3.8) is 0 Å². The molecule has 0 aliphatic carbocycles. The Hall–Kier alpha value is -2.20. The average Bonchev–Trinajstić information content (AvgIpc) is 2.95. The van der Waals surface area contributed by atoms with Crippen LogP contribution in [0.4, 0.5) is 0 Å². The van der Waals surface area contributed by atoms with E-state index in [0.717, 1.165) is 34.3 Å². The molecule has 2 heterocycles. The highest BCUT2D eigenvalue weighted by molar-refractivity contribution is 5.79. The topological polar surface area (TPSA) is 50.9 Å². The van der Waals surface area contributed by atoms with Gasteiger partial charge in [0, 0.05) is 29.4 Å². The lowest BCUT2D eigenvalue weighted by atomic mass is 10.0. The number of nitrogens with zero attached hydrogens (tertiary/aromatic N) is 3. The van der Waals surface area contributed by atoms with Gasteiger partial charge in [0.1, 0.15) is 6.10 Å². The van der Waals surface area contributed by atoms with Gasteiger partial charge in [-0.1, -0.05) is 12.1 Å². The van der Waals surface area contributed by atoms with E-state index < -0.39 is 6.10 Å². The lowest BCUT2D eigenvalue weighted by Crippen LogP contribution is -1.99. The molecule has 4 heteroatoms. The highest BCUT2D eigenvalue weighted by atomic mass is 16.3. The maximum Gasteiger partial charge on any atom is 0.107 e. The zero-order valence-corrected chi connectivity index (χ0v) is 11.6. The van der Waals surface area contributed by atoms with Gasteiger partial charge in [0.15, 0.2) is 0 Å². The molecule has 2 aromatic heterocycles. The van der Waals surface area contributed by atoms with Crippen molar-refractivity contribution in [2.24, 2.45) is 0 Å². The Morgan fingerprint density at radius 2 is 2.05 bits per heavy atom. The number of aromatic nitrogens is 3. The van der Waals surface area contributed by atoms with E-state index in [1.165, 1.54) is 0 Å². The van der Waals surface area contributed by atoms with Gasteiger partial charge in [0.25, 0.3) is 0 Å². The summed E-state index contributed by atoms with van der Waals surface area (Å²) < 4.78 is 1.81. The van der Waals surface area contributed by atoms with Crippen LogP contribution in [0.1, 0.15) is 29.8 Å². The number of aryl methyl sites for hydroxylation is 2. The molecule has 0 saturated heterocycles. The number of rotatable bonds is 3. The molecule has 102 valence electrons. The molecule has 1 N–H and O–H groups in total. The fourth-order valence-electron chi connectivity index (χ4n) is 2.30. The number of hydrogen-bond donors (Lipinski definition) is 1. The summed E-state index contributed by atoms with van der Waals surface area (Å²) in [5, 5.41) is 15.7. The van der Waals surface area contributed by atoms with Crippen LogP contribution in [0.3, 0.4) is 0 Å². The van der Waals surface area contributed by atoms with Gasteiger partial charge in [-0.2, -0.15) is 5.10 Å². The van der Waals surface area contributed by atoms with E-state index in [2.05, 4.69) is 10.1 Å². The summed E-state index contributed by atoms with van der Waals surface area (Å²) in [4.78, 5) is 4.47. The molecule has 0 aliphatic rings. The molecule has 0 amide bonds. The van der Waals surface area contributed by atoms with Crippen LogP contribution in [-0.4, -0.2) is 19.9 Å². The molecule has 0 aliphatic heterocycles. The van der Waals surface area contributed by atoms with Crippen LogP contribution in [0.5, 0.6) is 0 Å². The number of aliphatic hydroxyl groups is 1. The smallest absolute Gasteiger partial charge is 0.107 e. The largest absolute Gasteiger partial charge is 0.384 e. The monoisotopic (exact) mass is 267 g/mol. The number of pyridine rings is 1. The third kappa shape index (κ3) is 2.30. The second-order valence-electron chi connectivity index (χ2n) is 4.94. The molecule has 20 heavy (non-hydrogen) atoms. The molecule has 3 rings (SSSR count). The van der Waals surface area contributed by atoms with Crippen LogP contribution in [0.15, 0.2) is 42.7 Å². The van der Waals surface area contributed by atoms with Gasteiger partial charge in [-0.15, -0.1) is 0 Å². The minimum Gasteiger partial charge on any atom is -0.384 e. The van der Waals surface area contributed by atoms with Crippen LogP contribution in [0.25, 0.3) is 10.9 Å². The van der Waals surface area contributed by atoms with Gasteiger partial charge >= 0.3 is 0 Å². The van der Waals surface area contributed by atoms with Crippen molar-refractivity contribution in [1.29, 1.82) is 0 Å². The highest BCUT2D eigenvalue weighted by Crippen LogP contribution is 2.24. The Morgan fingerprint density at radius 1 is 1.20 bits per heavy atom. The second-order valence-corrected chi connectivity index (χ2v) is 4.94. The van der Waals surface area contributed by atoms with Crippen LogP contribution in [0, 0.1) is 6.92 Å². The van der Waals surface area contributed by atoms with Gasteiger partial charge < -0.3 is 5.11 Å². The Labute approximate surface area is 117 Å². The first kappa shape index (κ1) is 12.8. The predicted molar refractivity (Wildman–Crippen MR) is 78.4 cm³/mol. The van der Waals surface area contributed by atoms with Crippen LogP contribution in [0.2, 0.25) is 0 Å².